The molecule has 1 saturated heterocycles. The van der Waals surface area contributed by atoms with E-state index in [1.54, 1.807) is 13.3 Å². The number of rotatable bonds is 11. The molecule has 0 bridgehead atoms. The second-order valence-corrected chi connectivity index (χ2v) is 8.01. The summed E-state index contributed by atoms with van der Waals surface area (Å²) in [5.41, 5.74) is 3.56. The maximum atomic E-state index is 5.72. The second kappa shape index (κ2) is 15.8. The van der Waals surface area contributed by atoms with Crippen LogP contribution in [-0.4, -0.2) is 55.8 Å². The van der Waals surface area contributed by atoms with Crippen LogP contribution in [-0.2, 0) is 24.4 Å². The first kappa shape index (κ1) is 27.3. The smallest absolute Gasteiger partial charge is 0.218 e. The van der Waals surface area contributed by atoms with E-state index in [4.69, 9.17) is 14.5 Å². The summed E-state index contributed by atoms with van der Waals surface area (Å²) in [5.74, 6) is 1.40. The third kappa shape index (κ3) is 9.85. The minimum Gasteiger partial charge on any atom is -0.475 e. The maximum absolute atomic E-state index is 5.72. The summed E-state index contributed by atoms with van der Waals surface area (Å²) in [6.45, 7) is 8.57. The van der Waals surface area contributed by atoms with E-state index in [2.05, 4.69) is 51.7 Å². The molecule has 1 aromatic carbocycles. The number of benzene rings is 1. The summed E-state index contributed by atoms with van der Waals surface area (Å²) in [5, 5.41) is 6.70. The van der Waals surface area contributed by atoms with E-state index in [0.29, 0.717) is 32.2 Å². The molecular weight excluding hydrogens is 529 g/mol. The van der Waals surface area contributed by atoms with Gasteiger partial charge in [0.1, 0.15) is 6.61 Å². The second-order valence-electron chi connectivity index (χ2n) is 8.01. The third-order valence-corrected chi connectivity index (χ3v) is 5.46. The molecule has 182 valence electrons. The number of pyridine rings is 1. The van der Waals surface area contributed by atoms with Crippen molar-refractivity contribution >= 4 is 29.9 Å². The Labute approximate surface area is 215 Å². The molecule has 8 heteroatoms. The van der Waals surface area contributed by atoms with Crippen LogP contribution in [0.3, 0.4) is 0 Å². The number of guanidine groups is 1. The fraction of sp³-hybridized carbons (Fsp3) is 0.520. The molecule has 0 unspecified atom stereocenters. The van der Waals surface area contributed by atoms with E-state index >= 15 is 0 Å². The maximum Gasteiger partial charge on any atom is 0.218 e. The molecule has 2 heterocycles. The van der Waals surface area contributed by atoms with Crippen molar-refractivity contribution in [3.05, 3.63) is 59.3 Å². The Morgan fingerprint density at radius 3 is 2.52 bits per heavy atom. The van der Waals surface area contributed by atoms with Gasteiger partial charge in [0.25, 0.3) is 0 Å². The standard InChI is InChI=1S/C25H37N5O2.HI/c1-3-26-25(29-19-23-8-7-13-27-24(23)32-17-16-31-2)28-18-21-9-11-22(12-10-21)20-30-14-5-4-6-15-30;/h7-13H,3-6,14-20H2,1-2H3,(H2,26,28,29);1H. The fourth-order valence-electron chi connectivity index (χ4n) is 3.73. The Morgan fingerprint density at radius 2 is 1.79 bits per heavy atom. The largest absolute Gasteiger partial charge is 0.475 e. The van der Waals surface area contributed by atoms with Crippen molar-refractivity contribution in [1.29, 1.82) is 0 Å². The molecule has 3 rings (SSSR count). The number of likely N-dealkylation sites (tertiary alicyclic amines) is 1. The summed E-state index contributed by atoms with van der Waals surface area (Å²) in [7, 11) is 1.66. The van der Waals surface area contributed by atoms with Crippen molar-refractivity contribution in [1.82, 2.24) is 20.5 Å². The van der Waals surface area contributed by atoms with Gasteiger partial charge in [0.05, 0.1) is 13.2 Å². The van der Waals surface area contributed by atoms with E-state index in [0.717, 1.165) is 24.6 Å². The fourth-order valence-corrected chi connectivity index (χ4v) is 3.73. The molecule has 0 amide bonds. The number of aliphatic imine (C=N–C) groups is 1. The van der Waals surface area contributed by atoms with Gasteiger partial charge in [-0.2, -0.15) is 0 Å². The Kier molecular flexibility index (Phi) is 13.1. The monoisotopic (exact) mass is 567 g/mol. The lowest BCUT2D eigenvalue weighted by Gasteiger charge is -2.26. The Bertz CT molecular complexity index is 826. The van der Waals surface area contributed by atoms with E-state index in [1.165, 1.54) is 43.5 Å². The molecule has 7 nitrogen and oxygen atoms in total. The van der Waals surface area contributed by atoms with Crippen molar-refractivity contribution in [3.8, 4) is 5.88 Å². The first-order valence-corrected chi connectivity index (χ1v) is 11.7. The highest BCUT2D eigenvalue weighted by atomic mass is 127. The Balaban J connectivity index is 0.00000385. The topological polar surface area (TPSA) is 71.0 Å². The normalized spacial score (nSPS) is 14.4. The number of aromatic nitrogens is 1. The van der Waals surface area contributed by atoms with Gasteiger partial charge in [0.2, 0.25) is 5.88 Å². The van der Waals surface area contributed by atoms with Gasteiger partial charge in [-0.3, -0.25) is 4.90 Å². The van der Waals surface area contributed by atoms with Crippen LogP contribution >= 0.6 is 24.0 Å². The highest BCUT2D eigenvalue weighted by molar-refractivity contribution is 14.0. The van der Waals surface area contributed by atoms with Gasteiger partial charge in [-0.05, 0) is 50.0 Å². The summed E-state index contributed by atoms with van der Waals surface area (Å²) in [6, 6.07) is 12.8. The van der Waals surface area contributed by atoms with Gasteiger partial charge in [-0.15, -0.1) is 24.0 Å². The van der Waals surface area contributed by atoms with Crippen molar-refractivity contribution in [2.45, 2.75) is 45.8 Å². The molecule has 0 saturated carbocycles. The highest BCUT2D eigenvalue weighted by Crippen LogP contribution is 2.15. The number of methoxy groups -OCH3 is 1. The van der Waals surface area contributed by atoms with Crippen LogP contribution in [0.5, 0.6) is 5.88 Å². The Hall–Kier alpha value is -1.91. The minimum atomic E-state index is 0. The molecular formula is C25H38IN5O2. The van der Waals surface area contributed by atoms with E-state index in [9.17, 15) is 0 Å². The number of ether oxygens (including phenoxy) is 2. The first-order chi connectivity index (χ1) is 15.8. The molecule has 0 atom stereocenters. The molecule has 1 aromatic heterocycles. The lowest BCUT2D eigenvalue weighted by Crippen LogP contribution is -2.37. The molecule has 0 aliphatic carbocycles. The van der Waals surface area contributed by atoms with Crippen LogP contribution in [0.1, 0.15) is 42.9 Å². The first-order valence-electron chi connectivity index (χ1n) is 11.7. The van der Waals surface area contributed by atoms with E-state index in [1.807, 2.05) is 12.1 Å². The molecule has 0 spiro atoms. The predicted molar refractivity (Wildman–Crippen MR) is 144 cm³/mol. The lowest BCUT2D eigenvalue weighted by molar-refractivity contribution is 0.143. The molecule has 1 aliphatic heterocycles. The van der Waals surface area contributed by atoms with Crippen molar-refractivity contribution in [2.24, 2.45) is 4.99 Å². The van der Waals surface area contributed by atoms with Gasteiger partial charge >= 0.3 is 0 Å². The van der Waals surface area contributed by atoms with Gasteiger partial charge in [0, 0.05) is 38.5 Å². The van der Waals surface area contributed by atoms with Gasteiger partial charge in [0.15, 0.2) is 5.96 Å². The number of nitrogens with one attached hydrogen (secondary N) is 2. The average Bonchev–Trinajstić information content (AvgIpc) is 2.83. The summed E-state index contributed by atoms with van der Waals surface area (Å²) in [4.78, 5) is 11.6. The third-order valence-electron chi connectivity index (χ3n) is 5.46. The van der Waals surface area contributed by atoms with Crippen LogP contribution in [0, 0.1) is 0 Å². The van der Waals surface area contributed by atoms with Crippen molar-refractivity contribution in [3.63, 3.8) is 0 Å². The molecule has 1 aliphatic rings. The van der Waals surface area contributed by atoms with Crippen molar-refractivity contribution in [2.75, 3.05) is 40.0 Å². The quantitative estimate of drug-likeness (QED) is 0.186. The number of halogens is 1. The summed E-state index contributed by atoms with van der Waals surface area (Å²) in [6.07, 6.45) is 5.76. The van der Waals surface area contributed by atoms with Crippen molar-refractivity contribution < 1.29 is 9.47 Å². The zero-order valence-corrected chi connectivity index (χ0v) is 22.2. The highest BCUT2D eigenvalue weighted by Gasteiger charge is 2.10. The van der Waals surface area contributed by atoms with E-state index in [-0.39, 0.29) is 24.0 Å². The zero-order valence-electron chi connectivity index (χ0n) is 19.9. The molecule has 2 N–H and O–H groups in total. The lowest BCUT2D eigenvalue weighted by atomic mass is 10.1. The minimum absolute atomic E-state index is 0. The molecule has 1 fully saturated rings. The number of nitrogens with zero attached hydrogens (tertiary/aromatic N) is 3. The molecule has 0 radical (unpaired) electrons. The number of hydrogen-bond acceptors (Lipinski definition) is 5. The van der Waals surface area contributed by atoms with Crippen LogP contribution in [0.2, 0.25) is 0 Å². The number of hydrogen-bond donors (Lipinski definition) is 2. The predicted octanol–water partition coefficient (Wildman–Crippen LogP) is 3.97. The van der Waals surface area contributed by atoms with Gasteiger partial charge in [-0.25, -0.2) is 9.98 Å². The zero-order chi connectivity index (χ0) is 22.4. The van der Waals surface area contributed by atoms with Crippen LogP contribution in [0.15, 0.2) is 47.6 Å². The summed E-state index contributed by atoms with van der Waals surface area (Å²) >= 11 is 0. The van der Waals surface area contributed by atoms with Crippen LogP contribution < -0.4 is 15.4 Å². The van der Waals surface area contributed by atoms with Crippen LogP contribution in [0.4, 0.5) is 0 Å². The van der Waals surface area contributed by atoms with E-state index < -0.39 is 0 Å². The SMILES string of the molecule is CCNC(=NCc1ccc(CN2CCCCC2)cc1)NCc1cccnc1OCCOC.I. The average molecular weight is 568 g/mol. The van der Waals surface area contributed by atoms with Gasteiger partial charge < -0.3 is 20.1 Å². The number of piperidine rings is 1. The van der Waals surface area contributed by atoms with Crippen LogP contribution in [0.25, 0.3) is 0 Å². The molecule has 33 heavy (non-hydrogen) atoms. The molecule has 2 aromatic rings. The van der Waals surface area contributed by atoms with Gasteiger partial charge in [-0.1, -0.05) is 36.8 Å². The summed E-state index contributed by atoms with van der Waals surface area (Å²) < 4.78 is 10.8. The Morgan fingerprint density at radius 1 is 1.03 bits per heavy atom.